The lowest BCUT2D eigenvalue weighted by atomic mass is 10.0. The molecule has 1 aromatic carbocycles. The van der Waals surface area contributed by atoms with Gasteiger partial charge in [0.05, 0.1) is 13.2 Å². The SMILES string of the molecule is CC(=O)NC(C(=O)NCc1ccc(CN2CCOCC2)cc1)C(C)C. The largest absolute Gasteiger partial charge is 0.379 e. The highest BCUT2D eigenvalue weighted by molar-refractivity contribution is 5.86. The van der Waals surface area contributed by atoms with Gasteiger partial charge in [0.2, 0.25) is 11.8 Å². The van der Waals surface area contributed by atoms with Crippen LogP contribution in [0.4, 0.5) is 0 Å². The molecular formula is C19H29N3O3. The minimum absolute atomic E-state index is 0.0415. The van der Waals surface area contributed by atoms with Crippen molar-refractivity contribution in [3.05, 3.63) is 35.4 Å². The van der Waals surface area contributed by atoms with Gasteiger partial charge in [-0.3, -0.25) is 14.5 Å². The van der Waals surface area contributed by atoms with Crippen LogP contribution in [0.2, 0.25) is 0 Å². The predicted octanol–water partition coefficient (Wildman–Crippen LogP) is 1.30. The standard InChI is InChI=1S/C19H29N3O3/c1-14(2)18(21-15(3)23)19(24)20-12-16-4-6-17(7-5-16)13-22-8-10-25-11-9-22/h4-7,14,18H,8-13H2,1-3H3,(H,20,24)(H,21,23). The predicted molar refractivity (Wildman–Crippen MR) is 96.8 cm³/mol. The van der Waals surface area contributed by atoms with E-state index in [-0.39, 0.29) is 17.7 Å². The Hall–Kier alpha value is -1.92. The molecular weight excluding hydrogens is 318 g/mol. The van der Waals surface area contributed by atoms with E-state index in [2.05, 4.69) is 27.7 Å². The van der Waals surface area contributed by atoms with Crippen LogP contribution in [0.1, 0.15) is 31.9 Å². The molecule has 1 fully saturated rings. The summed E-state index contributed by atoms with van der Waals surface area (Å²) in [5, 5.41) is 5.61. The molecule has 0 spiro atoms. The van der Waals surface area contributed by atoms with Gasteiger partial charge < -0.3 is 15.4 Å². The van der Waals surface area contributed by atoms with Crippen molar-refractivity contribution in [2.24, 2.45) is 5.92 Å². The fourth-order valence-corrected chi connectivity index (χ4v) is 2.83. The molecule has 1 unspecified atom stereocenters. The minimum Gasteiger partial charge on any atom is -0.379 e. The molecule has 0 bridgehead atoms. The van der Waals surface area contributed by atoms with Crippen LogP contribution >= 0.6 is 0 Å². The molecule has 0 aromatic heterocycles. The molecule has 1 aliphatic heterocycles. The van der Waals surface area contributed by atoms with Gasteiger partial charge in [0.15, 0.2) is 0 Å². The van der Waals surface area contributed by atoms with Gasteiger partial charge in [-0.05, 0) is 17.0 Å². The number of benzene rings is 1. The molecule has 2 N–H and O–H groups in total. The molecule has 0 aliphatic carbocycles. The molecule has 1 atom stereocenters. The van der Waals surface area contributed by atoms with Gasteiger partial charge in [0.1, 0.15) is 6.04 Å². The highest BCUT2D eigenvalue weighted by Gasteiger charge is 2.22. The van der Waals surface area contributed by atoms with Crippen LogP contribution in [0, 0.1) is 5.92 Å². The van der Waals surface area contributed by atoms with Crippen LogP contribution in [0.3, 0.4) is 0 Å². The van der Waals surface area contributed by atoms with Crippen molar-refractivity contribution in [2.75, 3.05) is 26.3 Å². The first-order valence-electron chi connectivity index (χ1n) is 8.88. The third-order valence-electron chi connectivity index (χ3n) is 4.31. The van der Waals surface area contributed by atoms with E-state index in [1.165, 1.54) is 12.5 Å². The molecule has 6 nitrogen and oxygen atoms in total. The fraction of sp³-hybridized carbons (Fsp3) is 0.579. The third kappa shape index (κ3) is 6.48. The zero-order chi connectivity index (χ0) is 18.2. The van der Waals surface area contributed by atoms with Gasteiger partial charge in [0, 0.05) is 33.1 Å². The highest BCUT2D eigenvalue weighted by atomic mass is 16.5. The summed E-state index contributed by atoms with van der Waals surface area (Å²) in [6, 6.07) is 7.78. The number of amides is 2. The first kappa shape index (κ1) is 19.4. The van der Waals surface area contributed by atoms with Crippen LogP contribution in [-0.2, 0) is 27.4 Å². The molecule has 2 amide bonds. The average molecular weight is 347 g/mol. The van der Waals surface area contributed by atoms with Crippen molar-refractivity contribution in [2.45, 2.75) is 39.9 Å². The topological polar surface area (TPSA) is 70.7 Å². The maximum atomic E-state index is 12.3. The molecule has 0 saturated carbocycles. The van der Waals surface area contributed by atoms with Crippen molar-refractivity contribution in [3.8, 4) is 0 Å². The Morgan fingerprint density at radius 2 is 1.72 bits per heavy atom. The Bertz CT molecular complexity index is 566. The van der Waals surface area contributed by atoms with E-state index >= 15 is 0 Å². The first-order valence-corrected chi connectivity index (χ1v) is 8.88. The Morgan fingerprint density at radius 1 is 1.12 bits per heavy atom. The summed E-state index contributed by atoms with van der Waals surface area (Å²) in [6.07, 6.45) is 0. The number of morpholine rings is 1. The number of rotatable bonds is 7. The van der Waals surface area contributed by atoms with Crippen LogP contribution < -0.4 is 10.6 Å². The van der Waals surface area contributed by atoms with Crippen molar-refractivity contribution in [3.63, 3.8) is 0 Å². The number of hydrogen-bond donors (Lipinski definition) is 2. The van der Waals surface area contributed by atoms with Gasteiger partial charge in [-0.1, -0.05) is 38.1 Å². The highest BCUT2D eigenvalue weighted by Crippen LogP contribution is 2.10. The van der Waals surface area contributed by atoms with Crippen LogP contribution in [0.25, 0.3) is 0 Å². The van der Waals surface area contributed by atoms with E-state index in [9.17, 15) is 9.59 Å². The number of carbonyl (C=O) groups is 2. The zero-order valence-electron chi connectivity index (χ0n) is 15.4. The quantitative estimate of drug-likeness (QED) is 0.780. The summed E-state index contributed by atoms with van der Waals surface area (Å²) in [4.78, 5) is 25.9. The van der Waals surface area contributed by atoms with E-state index in [1.54, 1.807) is 0 Å². The zero-order valence-corrected chi connectivity index (χ0v) is 15.4. The lowest BCUT2D eigenvalue weighted by Crippen LogP contribution is -2.48. The van der Waals surface area contributed by atoms with Crippen molar-refractivity contribution < 1.29 is 14.3 Å². The van der Waals surface area contributed by atoms with E-state index in [4.69, 9.17) is 4.74 Å². The maximum Gasteiger partial charge on any atom is 0.243 e. The summed E-state index contributed by atoms with van der Waals surface area (Å²) in [6.45, 7) is 10.2. The smallest absolute Gasteiger partial charge is 0.243 e. The van der Waals surface area contributed by atoms with Gasteiger partial charge in [-0.2, -0.15) is 0 Å². The second-order valence-electron chi connectivity index (χ2n) is 6.85. The lowest BCUT2D eigenvalue weighted by Gasteiger charge is -2.26. The summed E-state index contributed by atoms with van der Waals surface area (Å²) in [5.74, 6) is -0.302. The first-order chi connectivity index (χ1) is 12.0. The second-order valence-corrected chi connectivity index (χ2v) is 6.85. The molecule has 1 aliphatic rings. The van der Waals surface area contributed by atoms with Gasteiger partial charge in [-0.15, -0.1) is 0 Å². The fourth-order valence-electron chi connectivity index (χ4n) is 2.83. The number of hydrogen-bond acceptors (Lipinski definition) is 4. The van der Waals surface area contributed by atoms with Gasteiger partial charge in [-0.25, -0.2) is 0 Å². The average Bonchev–Trinajstić information content (AvgIpc) is 2.59. The molecule has 6 heteroatoms. The molecule has 1 saturated heterocycles. The van der Waals surface area contributed by atoms with E-state index < -0.39 is 6.04 Å². The molecule has 1 heterocycles. The number of carbonyl (C=O) groups excluding carboxylic acids is 2. The van der Waals surface area contributed by atoms with Gasteiger partial charge in [0.25, 0.3) is 0 Å². The molecule has 0 radical (unpaired) electrons. The Morgan fingerprint density at radius 3 is 2.28 bits per heavy atom. The summed E-state index contributed by atoms with van der Waals surface area (Å²) >= 11 is 0. The minimum atomic E-state index is -0.502. The Balaban J connectivity index is 1.83. The third-order valence-corrected chi connectivity index (χ3v) is 4.31. The molecule has 1 aromatic rings. The monoisotopic (exact) mass is 347 g/mol. The van der Waals surface area contributed by atoms with E-state index in [0.29, 0.717) is 6.54 Å². The van der Waals surface area contributed by atoms with Crippen LogP contribution in [0.15, 0.2) is 24.3 Å². The lowest BCUT2D eigenvalue weighted by molar-refractivity contribution is -0.129. The van der Waals surface area contributed by atoms with Crippen molar-refractivity contribution in [1.29, 1.82) is 0 Å². The van der Waals surface area contributed by atoms with Crippen LogP contribution in [-0.4, -0.2) is 49.1 Å². The van der Waals surface area contributed by atoms with Gasteiger partial charge >= 0.3 is 0 Å². The molecule has 25 heavy (non-hydrogen) atoms. The second kappa shape index (κ2) is 9.53. The Labute approximate surface area is 149 Å². The normalized spacial score (nSPS) is 16.5. The Kier molecular flexibility index (Phi) is 7.40. The number of nitrogens with one attached hydrogen (secondary N) is 2. The van der Waals surface area contributed by atoms with Crippen LogP contribution in [0.5, 0.6) is 0 Å². The van der Waals surface area contributed by atoms with E-state index in [0.717, 1.165) is 38.4 Å². The van der Waals surface area contributed by atoms with Crippen molar-refractivity contribution in [1.82, 2.24) is 15.5 Å². The maximum absolute atomic E-state index is 12.3. The molecule has 2 rings (SSSR count). The summed E-state index contributed by atoms with van der Waals surface area (Å²) in [5.41, 5.74) is 2.31. The van der Waals surface area contributed by atoms with Crippen molar-refractivity contribution >= 4 is 11.8 Å². The van der Waals surface area contributed by atoms with E-state index in [1.807, 2.05) is 26.0 Å². The molecule has 138 valence electrons. The summed E-state index contributed by atoms with van der Waals surface area (Å²) in [7, 11) is 0. The number of ether oxygens (including phenoxy) is 1. The number of nitrogens with zero attached hydrogens (tertiary/aromatic N) is 1. The summed E-state index contributed by atoms with van der Waals surface area (Å²) < 4.78 is 5.36.